The van der Waals surface area contributed by atoms with E-state index in [9.17, 15) is 53.1 Å². The molecule has 4 amide bonds. The Morgan fingerprint density at radius 2 is 0.588 bits per heavy atom. The minimum Gasteiger partial charge on any atom is -0.481 e. The second-order valence-corrected chi connectivity index (χ2v) is 37.3. The van der Waals surface area contributed by atoms with Gasteiger partial charge < -0.3 is 78.5 Å². The summed E-state index contributed by atoms with van der Waals surface area (Å²) in [4.78, 5) is 124. The van der Waals surface area contributed by atoms with E-state index in [2.05, 4.69) is 69.8 Å². The minimum atomic E-state index is -1.04. The number of hydrogen-bond donors (Lipinski definition) is 5. The summed E-state index contributed by atoms with van der Waals surface area (Å²) in [6.07, 6.45) is 30.4. The van der Waals surface area contributed by atoms with Crippen molar-refractivity contribution in [1.82, 2.24) is 21.3 Å². The molecule has 0 saturated heterocycles. The zero-order valence-electron chi connectivity index (χ0n) is 82.6. The zero-order valence-corrected chi connectivity index (χ0v) is 84.1. The van der Waals surface area contributed by atoms with E-state index >= 15 is 0 Å². The number of fused-ring (bicyclic) bond motifs is 6. The van der Waals surface area contributed by atoms with Crippen LogP contribution >= 0.6 is 0 Å². The molecule has 0 aliphatic heterocycles. The maximum Gasteiger partial charge on any atom is 0.407 e. The van der Waals surface area contributed by atoms with Crippen molar-refractivity contribution in [2.45, 2.75) is 315 Å². The predicted octanol–water partition coefficient (Wildman–Crippen LogP) is 21.3. The van der Waals surface area contributed by atoms with Crippen LogP contribution in [0, 0.1) is 11.8 Å². The Hall–Kier alpha value is -8.78. The van der Waals surface area contributed by atoms with Gasteiger partial charge in [-0.25, -0.2) is 9.59 Å². The van der Waals surface area contributed by atoms with Crippen molar-refractivity contribution < 1.29 is 127 Å². The molecule has 0 unspecified atom stereocenters. The van der Waals surface area contributed by atoms with Crippen LogP contribution in [0.5, 0.6) is 0 Å². The Morgan fingerprint density at radius 3 is 0.904 bits per heavy atom. The fraction of sp³-hybridized carbons (Fsp3) is 0.633. The SMILES string of the molecule is CC(C)(C)OC(=O)CCCCCCCCCCCCCCC(=O)C[C@@H](CCC(=O)NCCCOCCOCCOCCCNC(=O)OCC1c2ccccc2-c2ccccc21)C(=O)O.CC(C)(C)OC(=O)CCCCCCCCCCCCCCC(=O)C[C@@H](CCC(=O)NCCCOCCOCCOCCCNC(=O)OCC1c2ccccc2-c2ccccc21)C(=O)OCc1ccccc1.[HH].[Pd]. The molecule has 27 heteroatoms. The summed E-state index contributed by atoms with van der Waals surface area (Å²) < 4.78 is 61.0. The second-order valence-electron chi connectivity index (χ2n) is 37.3. The number of carbonyl (C=O) groups is 10. The van der Waals surface area contributed by atoms with E-state index in [4.69, 9.17) is 52.1 Å². The molecule has 762 valence electrons. The first-order valence-corrected chi connectivity index (χ1v) is 50.5. The van der Waals surface area contributed by atoms with Crippen LogP contribution in [0.25, 0.3) is 22.3 Å². The van der Waals surface area contributed by atoms with Crippen LogP contribution in [-0.2, 0) is 117 Å². The van der Waals surface area contributed by atoms with Crippen molar-refractivity contribution in [3.05, 3.63) is 155 Å². The molecule has 0 radical (unpaired) electrons. The Balaban J connectivity index is 0.000000567. The average molecular weight is 1990 g/mol. The van der Waals surface area contributed by atoms with Crippen LogP contribution in [-0.4, -0.2) is 194 Å². The van der Waals surface area contributed by atoms with Crippen LogP contribution in [0.4, 0.5) is 9.59 Å². The van der Waals surface area contributed by atoms with E-state index < -0.39 is 47.2 Å². The van der Waals surface area contributed by atoms with Crippen molar-refractivity contribution >= 4 is 59.4 Å². The number of carbonyl (C=O) groups excluding carboxylic acids is 9. The molecule has 0 fully saturated rings. The fourth-order valence-electron chi connectivity index (χ4n) is 16.4. The van der Waals surface area contributed by atoms with E-state index in [0.717, 1.165) is 95.5 Å². The van der Waals surface area contributed by atoms with Crippen LogP contribution in [0.15, 0.2) is 127 Å². The van der Waals surface area contributed by atoms with Crippen molar-refractivity contribution in [3.8, 4) is 22.3 Å². The molecule has 136 heavy (non-hydrogen) atoms. The third-order valence-corrected chi connectivity index (χ3v) is 23.5. The number of ketones is 2. The molecule has 26 nitrogen and oxygen atoms in total. The number of carboxylic acid groups (broad SMARTS) is 1. The maximum absolute atomic E-state index is 13.2. The largest absolute Gasteiger partial charge is 0.481 e. The van der Waals surface area contributed by atoms with Gasteiger partial charge in [0.2, 0.25) is 11.8 Å². The number of Topliss-reactive ketones (excluding diaryl/α,β-unsaturated/α-hetero) is 2. The summed E-state index contributed by atoms with van der Waals surface area (Å²) in [5, 5.41) is 20.9. The van der Waals surface area contributed by atoms with Gasteiger partial charge in [0.05, 0.1) is 64.7 Å². The quantitative estimate of drug-likeness (QED) is 0.0104. The van der Waals surface area contributed by atoms with E-state index in [1.807, 2.05) is 120 Å². The first-order valence-electron chi connectivity index (χ1n) is 50.5. The monoisotopic (exact) mass is 1990 g/mol. The summed E-state index contributed by atoms with van der Waals surface area (Å²) in [7, 11) is 0. The first-order chi connectivity index (χ1) is 65.4. The molecule has 0 spiro atoms. The van der Waals surface area contributed by atoms with Gasteiger partial charge >= 0.3 is 36.1 Å². The zero-order chi connectivity index (χ0) is 97.0. The molecular formula is C109H164N4O22Pd. The van der Waals surface area contributed by atoms with E-state index in [1.165, 1.54) is 109 Å². The molecule has 2 aliphatic carbocycles. The number of alkyl carbamates (subject to hydrolysis) is 2. The predicted molar refractivity (Wildman–Crippen MR) is 527 cm³/mol. The van der Waals surface area contributed by atoms with Crippen LogP contribution < -0.4 is 21.3 Å². The number of unbranched alkanes of at least 4 members (excludes halogenated alkanes) is 22. The molecular weight excluding hydrogens is 1820 g/mol. The van der Waals surface area contributed by atoms with E-state index in [1.54, 1.807) is 0 Å². The molecule has 0 saturated carbocycles. The van der Waals surface area contributed by atoms with E-state index in [-0.39, 0.29) is 127 Å². The normalized spacial score (nSPS) is 12.4. The van der Waals surface area contributed by atoms with Gasteiger partial charge in [0.25, 0.3) is 0 Å². The molecule has 0 aromatic heterocycles. The molecule has 5 aromatic carbocycles. The summed E-state index contributed by atoms with van der Waals surface area (Å²) in [6.45, 7) is 19.1. The van der Waals surface area contributed by atoms with Gasteiger partial charge in [-0.2, -0.15) is 0 Å². The maximum atomic E-state index is 13.2. The fourth-order valence-corrected chi connectivity index (χ4v) is 16.4. The van der Waals surface area contributed by atoms with Gasteiger partial charge in [-0.15, -0.1) is 0 Å². The number of hydrogen-bond acceptors (Lipinski definition) is 21. The molecule has 2 atom stereocenters. The number of amides is 4. The van der Waals surface area contributed by atoms with Gasteiger partial charge in [-0.05, 0) is 156 Å². The van der Waals surface area contributed by atoms with Crippen molar-refractivity contribution in [3.63, 3.8) is 0 Å². The number of nitrogens with one attached hydrogen (secondary N) is 4. The Kier molecular flexibility index (Phi) is 62.8. The molecule has 5 aromatic rings. The average Bonchev–Trinajstić information content (AvgIpc) is 1.62. The van der Waals surface area contributed by atoms with Gasteiger partial charge in [-0.3, -0.25) is 38.4 Å². The van der Waals surface area contributed by atoms with Gasteiger partial charge in [0.1, 0.15) is 42.6 Å². The molecule has 2 aliphatic rings. The number of benzene rings is 5. The Bertz CT molecular complexity index is 4090. The van der Waals surface area contributed by atoms with Crippen LogP contribution in [0.3, 0.4) is 0 Å². The third kappa shape index (κ3) is 54.5. The Labute approximate surface area is 826 Å². The smallest absolute Gasteiger partial charge is 0.407 e. The summed E-state index contributed by atoms with van der Waals surface area (Å²) in [5.74, 6) is -3.59. The topological polar surface area (TPSA) is 341 Å². The summed E-state index contributed by atoms with van der Waals surface area (Å²) in [6, 6.07) is 42.4. The third-order valence-electron chi connectivity index (χ3n) is 23.5. The number of aliphatic carboxylic acids is 1. The molecule has 5 N–H and O–H groups in total. The van der Waals surface area contributed by atoms with Crippen molar-refractivity contribution in [2.75, 3.05) is 119 Å². The number of carboxylic acids is 1. The van der Waals surface area contributed by atoms with Crippen molar-refractivity contribution in [2.24, 2.45) is 11.8 Å². The van der Waals surface area contributed by atoms with Crippen LogP contribution in [0.1, 0.15) is 327 Å². The van der Waals surface area contributed by atoms with Crippen molar-refractivity contribution in [1.29, 1.82) is 0 Å². The molecule has 0 heterocycles. The van der Waals surface area contributed by atoms with Gasteiger partial charge in [-0.1, -0.05) is 256 Å². The van der Waals surface area contributed by atoms with Crippen LogP contribution in [0.2, 0.25) is 0 Å². The van der Waals surface area contributed by atoms with Gasteiger partial charge in [0.15, 0.2) is 0 Å². The standard InChI is InChI=1S/C58H84N2O11.C51H78N2O11.Pd.H2/c1-58(2,3)71-55(63)32-18-13-11-9-7-5-4-6-8-10-12-17-27-48(61)43-47(56(64)69-44-46-25-15-14-16-26-46)33-34-54(62)59-35-23-37-66-39-41-68-42-40-67-38-24-36-60-57(65)70-45-53-51-30-21-19-28-49(51)50-29-20-22-31-52(50)53;1-51(2,3)64-48(56)27-15-13-11-9-7-5-4-6-8-10-12-14-22-41(54)38-40(49(57)58)28-29-47(55)52-30-20-32-60-34-36-62-37-35-61-33-21-31-53-50(59)63-39-46-44-25-18-16-23-42(44)43-24-17-19-26-45(43)46;;/h14-16,19-22,25-26,28-31,47,53H,4-13,17-18,23-24,27,32-45H2,1-3H3,(H,59,62)(H,60,65);16-19,23-26,40,46H,4-15,20-22,27-39H2,1-3H3,(H,52,55)(H,53,59)(H,57,58);;1H/t47-;40-;;/m11../s1. The first kappa shape index (κ1) is 118. The minimum absolute atomic E-state index is 0. The van der Waals surface area contributed by atoms with Gasteiger partial charge in [0, 0.05) is 138 Å². The summed E-state index contributed by atoms with van der Waals surface area (Å²) in [5.41, 5.74) is 9.53. The number of rotatable bonds is 76. The van der Waals surface area contributed by atoms with E-state index in [0.29, 0.717) is 157 Å². The second kappa shape index (κ2) is 72.5. The number of ether oxygens (including phenoxy) is 11. The Morgan fingerprint density at radius 1 is 0.316 bits per heavy atom. The molecule has 0 bridgehead atoms. The number of esters is 3. The molecule has 7 rings (SSSR count). The summed E-state index contributed by atoms with van der Waals surface area (Å²) >= 11 is 0.